The normalized spacial score (nSPS) is 28.5. The number of fused-ring (bicyclic) bond motifs is 5. The lowest BCUT2D eigenvalue weighted by molar-refractivity contribution is -0.135. The van der Waals surface area contributed by atoms with Crippen molar-refractivity contribution in [3.63, 3.8) is 0 Å². The number of likely N-dealkylation sites (N-methyl/N-ethyl adjacent to an activating group) is 1. The molecule has 5 rings (SSSR count). The molecule has 0 bridgehead atoms. The third kappa shape index (κ3) is 5.75. The van der Waals surface area contributed by atoms with Crippen molar-refractivity contribution in [1.29, 1.82) is 0 Å². The summed E-state index contributed by atoms with van der Waals surface area (Å²) in [7, 11) is 5.35. The Kier molecular flexibility index (Phi) is 8.10. The molecular formula is C30H40N4O4S. The van der Waals surface area contributed by atoms with Crippen molar-refractivity contribution in [3.05, 3.63) is 40.4 Å². The zero-order valence-corrected chi connectivity index (χ0v) is 24.5. The molecule has 5 unspecified atom stereocenters. The minimum Gasteiger partial charge on any atom is -0.426 e. The molecular weight excluding hydrogens is 512 g/mol. The Labute approximate surface area is 235 Å². The highest BCUT2D eigenvalue weighted by molar-refractivity contribution is 7.15. The molecule has 3 aliphatic carbocycles. The summed E-state index contributed by atoms with van der Waals surface area (Å²) in [6.07, 6.45) is 8.20. The summed E-state index contributed by atoms with van der Waals surface area (Å²) in [5.74, 6) is 2.25. The van der Waals surface area contributed by atoms with E-state index < -0.39 is 0 Å². The Morgan fingerprint density at radius 1 is 1.28 bits per heavy atom. The van der Waals surface area contributed by atoms with Gasteiger partial charge in [0.25, 0.3) is 0 Å². The van der Waals surface area contributed by atoms with Gasteiger partial charge in [0, 0.05) is 22.9 Å². The molecule has 39 heavy (non-hydrogen) atoms. The summed E-state index contributed by atoms with van der Waals surface area (Å²) in [5.41, 5.74) is 3.84. The molecule has 1 aromatic heterocycles. The molecule has 210 valence electrons. The molecule has 3 aliphatic rings. The van der Waals surface area contributed by atoms with E-state index in [1.54, 1.807) is 13.3 Å². The van der Waals surface area contributed by atoms with Gasteiger partial charge in [-0.3, -0.25) is 14.5 Å². The van der Waals surface area contributed by atoms with E-state index in [1.165, 1.54) is 22.5 Å². The fourth-order valence-electron chi connectivity index (χ4n) is 7.55. The van der Waals surface area contributed by atoms with E-state index >= 15 is 0 Å². The Morgan fingerprint density at radius 3 is 2.82 bits per heavy atom. The smallest absolute Gasteiger partial charge is 0.325 e. The van der Waals surface area contributed by atoms with Crippen LogP contribution in [0, 0.1) is 30.1 Å². The van der Waals surface area contributed by atoms with Crippen LogP contribution >= 0.6 is 11.3 Å². The van der Waals surface area contributed by atoms with E-state index in [9.17, 15) is 9.59 Å². The maximum atomic E-state index is 12.8. The van der Waals surface area contributed by atoms with E-state index in [4.69, 9.17) is 9.57 Å². The number of ether oxygens (including phenoxy) is 1. The van der Waals surface area contributed by atoms with Gasteiger partial charge in [0.05, 0.1) is 12.3 Å². The van der Waals surface area contributed by atoms with Crippen molar-refractivity contribution < 1.29 is 19.2 Å². The van der Waals surface area contributed by atoms with Gasteiger partial charge in [0.2, 0.25) is 5.91 Å². The second-order valence-corrected chi connectivity index (χ2v) is 13.1. The SMILES string of the molecule is CON=C1CC(CCC(=O)Nc2ncc(C)s2)C2C3CCc4cc(OC(=O)CN(C)C)ccc4C3CCC12C. The minimum atomic E-state index is -0.241. The van der Waals surface area contributed by atoms with Crippen LogP contribution < -0.4 is 10.1 Å². The van der Waals surface area contributed by atoms with Crippen molar-refractivity contribution in [1.82, 2.24) is 9.88 Å². The third-order valence-corrected chi connectivity index (χ3v) is 9.89. The predicted octanol–water partition coefficient (Wildman–Crippen LogP) is 5.42. The van der Waals surface area contributed by atoms with Crippen LogP contribution in [0.5, 0.6) is 5.75 Å². The average Bonchev–Trinajstić information content (AvgIpc) is 3.41. The van der Waals surface area contributed by atoms with Crippen LogP contribution in [-0.2, 0) is 20.8 Å². The first-order valence-corrected chi connectivity index (χ1v) is 14.8. The quantitative estimate of drug-likeness (QED) is 0.267. The Hall–Kier alpha value is -2.78. The third-order valence-electron chi connectivity index (χ3n) is 9.06. The number of hydrogen-bond donors (Lipinski definition) is 1. The number of benzene rings is 1. The first kappa shape index (κ1) is 27.8. The number of rotatable bonds is 8. The highest BCUT2D eigenvalue weighted by Crippen LogP contribution is 2.62. The highest BCUT2D eigenvalue weighted by atomic mass is 32.1. The van der Waals surface area contributed by atoms with Gasteiger partial charge in [-0.1, -0.05) is 18.1 Å². The Balaban J connectivity index is 1.33. The summed E-state index contributed by atoms with van der Waals surface area (Å²) < 4.78 is 5.62. The molecule has 1 heterocycles. The van der Waals surface area contributed by atoms with Crippen LogP contribution in [0.25, 0.3) is 0 Å². The van der Waals surface area contributed by atoms with Gasteiger partial charge in [0.15, 0.2) is 5.13 Å². The number of carbonyl (C=O) groups excluding carboxylic acids is 2. The fourth-order valence-corrected chi connectivity index (χ4v) is 8.23. The fraction of sp³-hybridized carbons (Fsp3) is 0.600. The average molecular weight is 553 g/mol. The number of esters is 1. The number of amides is 1. The summed E-state index contributed by atoms with van der Waals surface area (Å²) in [6, 6.07) is 6.21. The molecule has 2 saturated carbocycles. The van der Waals surface area contributed by atoms with Gasteiger partial charge in [0.1, 0.15) is 12.9 Å². The summed E-state index contributed by atoms with van der Waals surface area (Å²) in [4.78, 5) is 37.5. The second kappa shape index (κ2) is 11.4. The topological polar surface area (TPSA) is 93.1 Å². The molecule has 0 saturated heterocycles. The van der Waals surface area contributed by atoms with E-state index in [-0.39, 0.29) is 23.8 Å². The maximum Gasteiger partial charge on any atom is 0.325 e. The molecule has 1 aromatic carbocycles. The van der Waals surface area contributed by atoms with E-state index in [1.807, 2.05) is 32.0 Å². The Bertz CT molecular complexity index is 1260. The standard InChI is InChI=1S/C30H40N4O4S/c1-18-16-31-29(39-18)32-26(35)11-7-20-15-25(33-37-5)30(2)13-12-23-22-10-8-21(38-27(36)17-34(3)4)14-19(22)6-9-24(23)28(20)30/h8,10,14,16,20,23-24,28H,6-7,9,11-13,15,17H2,1-5H3,(H,31,32,35). The predicted molar refractivity (Wildman–Crippen MR) is 153 cm³/mol. The number of oxime groups is 1. The van der Waals surface area contributed by atoms with Crippen molar-refractivity contribution in [3.8, 4) is 5.75 Å². The van der Waals surface area contributed by atoms with Crippen molar-refractivity contribution in [2.24, 2.45) is 28.3 Å². The number of carbonyl (C=O) groups is 2. The first-order chi connectivity index (χ1) is 18.7. The van der Waals surface area contributed by atoms with E-state index in [2.05, 4.69) is 34.5 Å². The molecule has 2 fully saturated rings. The lowest BCUT2D eigenvalue weighted by Crippen LogP contribution is -2.44. The summed E-state index contributed by atoms with van der Waals surface area (Å²) >= 11 is 1.51. The van der Waals surface area contributed by atoms with Gasteiger partial charge in [-0.25, -0.2) is 4.98 Å². The molecule has 1 amide bonds. The number of nitrogens with zero attached hydrogens (tertiary/aromatic N) is 3. The minimum absolute atomic E-state index is 0.0100. The molecule has 0 radical (unpaired) electrons. The van der Waals surface area contributed by atoms with Crippen LogP contribution in [0.3, 0.4) is 0 Å². The van der Waals surface area contributed by atoms with Crippen LogP contribution in [0.15, 0.2) is 29.6 Å². The molecule has 5 atom stereocenters. The van der Waals surface area contributed by atoms with Crippen LogP contribution in [0.1, 0.15) is 67.4 Å². The maximum absolute atomic E-state index is 12.8. The molecule has 1 N–H and O–H groups in total. The van der Waals surface area contributed by atoms with Crippen molar-refractivity contribution in [2.45, 2.75) is 64.7 Å². The molecule has 9 heteroatoms. The van der Waals surface area contributed by atoms with E-state index in [0.29, 0.717) is 41.0 Å². The van der Waals surface area contributed by atoms with Crippen LogP contribution in [-0.4, -0.2) is 55.2 Å². The van der Waals surface area contributed by atoms with Gasteiger partial charge >= 0.3 is 5.97 Å². The van der Waals surface area contributed by atoms with E-state index in [0.717, 1.165) is 49.1 Å². The zero-order chi connectivity index (χ0) is 27.7. The molecule has 0 aliphatic heterocycles. The Morgan fingerprint density at radius 2 is 2.10 bits per heavy atom. The monoisotopic (exact) mass is 552 g/mol. The van der Waals surface area contributed by atoms with Crippen molar-refractivity contribution >= 4 is 34.1 Å². The number of anilines is 1. The first-order valence-electron chi connectivity index (χ1n) is 14.0. The zero-order valence-electron chi connectivity index (χ0n) is 23.7. The highest BCUT2D eigenvalue weighted by Gasteiger charge is 2.57. The van der Waals surface area contributed by atoms with Crippen molar-refractivity contribution in [2.75, 3.05) is 33.1 Å². The summed E-state index contributed by atoms with van der Waals surface area (Å²) in [6.45, 7) is 4.62. The number of nitrogens with one attached hydrogen (secondary N) is 1. The number of aryl methyl sites for hydroxylation is 2. The number of thiazole rings is 1. The number of aromatic nitrogens is 1. The van der Waals surface area contributed by atoms with Gasteiger partial charge in [-0.15, -0.1) is 11.3 Å². The van der Waals surface area contributed by atoms with Gasteiger partial charge in [-0.05, 0) is 106 Å². The summed E-state index contributed by atoms with van der Waals surface area (Å²) in [5, 5.41) is 8.17. The number of hydrogen-bond acceptors (Lipinski definition) is 8. The van der Waals surface area contributed by atoms with Gasteiger partial charge in [-0.2, -0.15) is 0 Å². The second-order valence-electron chi connectivity index (χ2n) is 11.9. The molecule has 0 spiro atoms. The van der Waals surface area contributed by atoms with Crippen LogP contribution in [0.4, 0.5) is 5.13 Å². The largest absolute Gasteiger partial charge is 0.426 e. The lowest BCUT2D eigenvalue weighted by atomic mass is 9.54. The lowest BCUT2D eigenvalue weighted by Gasteiger charge is -2.50. The molecule has 2 aromatic rings. The van der Waals surface area contributed by atoms with Gasteiger partial charge < -0.3 is 14.9 Å². The molecule has 8 nitrogen and oxygen atoms in total. The van der Waals surface area contributed by atoms with Crippen LogP contribution in [0.2, 0.25) is 0 Å².